The maximum atomic E-state index is 13.2. The van der Waals surface area contributed by atoms with Gasteiger partial charge >= 0.3 is 6.03 Å². The Morgan fingerprint density at radius 1 is 0.892 bits per heavy atom. The first-order chi connectivity index (χ1) is 17.9. The van der Waals surface area contributed by atoms with Crippen molar-refractivity contribution in [3.05, 3.63) is 113 Å². The third-order valence-electron chi connectivity index (χ3n) is 6.14. The van der Waals surface area contributed by atoms with Gasteiger partial charge in [0.25, 0.3) is 11.8 Å². The minimum Gasteiger partial charge on any atom is -0.489 e. The van der Waals surface area contributed by atoms with E-state index in [4.69, 9.17) is 4.74 Å². The Hall–Kier alpha value is -4.98. The molecule has 1 N–H and O–H groups in total. The number of nitrogens with one attached hydrogen (secondary N) is 1. The fourth-order valence-electron chi connectivity index (χ4n) is 4.30. The highest BCUT2D eigenvalue weighted by Crippen LogP contribution is 2.27. The maximum Gasteiger partial charge on any atom is 0.335 e. The van der Waals surface area contributed by atoms with E-state index in [1.165, 1.54) is 30.6 Å². The molecule has 2 aromatic carbocycles. The summed E-state index contributed by atoms with van der Waals surface area (Å²) in [5.41, 5.74) is 4.68. The number of benzene rings is 2. The van der Waals surface area contributed by atoms with Gasteiger partial charge < -0.3 is 9.30 Å². The van der Waals surface area contributed by atoms with Gasteiger partial charge in [-0.25, -0.2) is 9.69 Å². The molecule has 1 saturated heterocycles. The number of amides is 4. The van der Waals surface area contributed by atoms with Crippen LogP contribution in [0.25, 0.3) is 11.8 Å². The molecule has 1 aliphatic heterocycles. The Balaban J connectivity index is 1.40. The summed E-state index contributed by atoms with van der Waals surface area (Å²) in [7, 11) is 0. The summed E-state index contributed by atoms with van der Waals surface area (Å²) in [4.78, 5) is 43.0. The number of aryl methyl sites for hydroxylation is 1. The number of rotatable bonds is 6. The zero-order chi connectivity index (χ0) is 25.9. The quantitative estimate of drug-likeness (QED) is 0.310. The van der Waals surface area contributed by atoms with Crippen LogP contribution in [0.2, 0.25) is 0 Å². The first-order valence-corrected chi connectivity index (χ1v) is 11.7. The Morgan fingerprint density at radius 3 is 2.30 bits per heavy atom. The van der Waals surface area contributed by atoms with Crippen molar-refractivity contribution in [2.24, 2.45) is 0 Å². The van der Waals surface area contributed by atoms with Gasteiger partial charge in [0.2, 0.25) is 0 Å². The van der Waals surface area contributed by atoms with Crippen molar-refractivity contribution in [1.82, 2.24) is 14.9 Å². The summed E-state index contributed by atoms with van der Waals surface area (Å²) in [6.45, 7) is 4.34. The molecule has 0 bridgehead atoms. The number of carbonyl (C=O) groups excluding carboxylic acids is 3. The first kappa shape index (κ1) is 23.7. The van der Waals surface area contributed by atoms with Crippen LogP contribution in [0.5, 0.6) is 5.75 Å². The fraction of sp³-hybridized carbons (Fsp3) is 0.103. The van der Waals surface area contributed by atoms with Gasteiger partial charge in [0, 0.05) is 29.5 Å². The van der Waals surface area contributed by atoms with Crippen molar-refractivity contribution in [3.8, 4) is 11.4 Å². The lowest BCUT2D eigenvalue weighted by molar-refractivity contribution is -0.122. The number of anilines is 1. The minimum atomic E-state index is -0.793. The van der Waals surface area contributed by atoms with Gasteiger partial charge in [-0.1, -0.05) is 30.3 Å². The fourth-order valence-corrected chi connectivity index (χ4v) is 4.30. The highest BCUT2D eigenvalue weighted by atomic mass is 16.5. The first-order valence-electron chi connectivity index (χ1n) is 11.7. The molecule has 0 unspecified atom stereocenters. The van der Waals surface area contributed by atoms with E-state index in [1.54, 1.807) is 0 Å². The van der Waals surface area contributed by atoms with Crippen molar-refractivity contribution in [1.29, 1.82) is 0 Å². The van der Waals surface area contributed by atoms with Crippen molar-refractivity contribution >= 4 is 29.6 Å². The van der Waals surface area contributed by atoms with Crippen LogP contribution in [-0.4, -0.2) is 27.4 Å². The van der Waals surface area contributed by atoms with Gasteiger partial charge in [0.15, 0.2) is 0 Å². The highest BCUT2D eigenvalue weighted by Gasteiger charge is 2.37. The van der Waals surface area contributed by atoms with Crippen molar-refractivity contribution < 1.29 is 19.1 Å². The second kappa shape index (κ2) is 9.94. The number of pyridine rings is 1. The van der Waals surface area contributed by atoms with Crippen LogP contribution in [0.1, 0.15) is 22.5 Å². The number of aromatic nitrogens is 2. The maximum absolute atomic E-state index is 13.2. The molecule has 0 radical (unpaired) electrons. The molecule has 5 rings (SSSR count). The van der Waals surface area contributed by atoms with Crippen LogP contribution < -0.4 is 15.0 Å². The zero-order valence-electron chi connectivity index (χ0n) is 20.3. The summed E-state index contributed by atoms with van der Waals surface area (Å²) < 4.78 is 7.92. The molecule has 8 heteroatoms. The molecule has 0 saturated carbocycles. The van der Waals surface area contributed by atoms with Crippen LogP contribution in [0.4, 0.5) is 10.5 Å². The van der Waals surface area contributed by atoms with Gasteiger partial charge in [-0.3, -0.25) is 19.9 Å². The molecule has 37 heavy (non-hydrogen) atoms. The molecule has 4 aromatic rings. The Bertz CT molecular complexity index is 1510. The van der Waals surface area contributed by atoms with Gasteiger partial charge in [0.1, 0.15) is 17.9 Å². The molecular formula is C29H24N4O4. The van der Waals surface area contributed by atoms with Crippen LogP contribution in [0.3, 0.4) is 0 Å². The van der Waals surface area contributed by atoms with Crippen molar-refractivity contribution in [3.63, 3.8) is 0 Å². The van der Waals surface area contributed by atoms with Gasteiger partial charge in [-0.15, -0.1) is 0 Å². The number of urea groups is 1. The van der Waals surface area contributed by atoms with Gasteiger partial charge in [-0.05, 0) is 73.5 Å². The lowest BCUT2D eigenvalue weighted by Crippen LogP contribution is -2.54. The minimum absolute atomic E-state index is 0.124. The van der Waals surface area contributed by atoms with Crippen LogP contribution in [0, 0.1) is 13.8 Å². The molecule has 0 atom stereocenters. The highest BCUT2D eigenvalue weighted by molar-refractivity contribution is 6.39. The standard InChI is InChI=1S/C29H24N4O4/c1-19-16-22(17-26-27(34)31-29(36)33(28(26)35)24-12-14-30-15-13-24)20(2)32(19)23-8-10-25(11-9-23)37-18-21-6-4-3-5-7-21/h3-17H,18H2,1-2H3,(H,31,34,36)/b26-17+. The van der Waals surface area contributed by atoms with E-state index >= 15 is 0 Å². The monoisotopic (exact) mass is 492 g/mol. The molecule has 1 fully saturated rings. The molecule has 4 amide bonds. The second-order valence-electron chi connectivity index (χ2n) is 8.59. The zero-order valence-corrected chi connectivity index (χ0v) is 20.3. The van der Waals surface area contributed by atoms with Crippen LogP contribution in [-0.2, 0) is 16.2 Å². The Morgan fingerprint density at radius 2 is 1.59 bits per heavy atom. The van der Waals surface area contributed by atoms with E-state index in [9.17, 15) is 14.4 Å². The average molecular weight is 493 g/mol. The Kier molecular flexibility index (Phi) is 6.38. The molecule has 0 spiro atoms. The van der Waals surface area contributed by atoms with E-state index in [2.05, 4.69) is 10.3 Å². The molecule has 184 valence electrons. The van der Waals surface area contributed by atoms with Crippen LogP contribution in [0.15, 0.2) is 90.8 Å². The molecule has 0 aliphatic carbocycles. The summed E-state index contributed by atoms with van der Waals surface area (Å²) >= 11 is 0. The summed E-state index contributed by atoms with van der Waals surface area (Å²) in [5, 5.41) is 2.25. The second-order valence-corrected chi connectivity index (χ2v) is 8.59. The Labute approximate surface area is 213 Å². The largest absolute Gasteiger partial charge is 0.489 e. The van der Waals surface area contributed by atoms with E-state index < -0.39 is 17.8 Å². The van der Waals surface area contributed by atoms with Crippen molar-refractivity contribution in [2.75, 3.05) is 4.90 Å². The lowest BCUT2D eigenvalue weighted by Gasteiger charge is -2.26. The molecule has 1 aliphatic rings. The number of barbiturate groups is 1. The van der Waals surface area contributed by atoms with E-state index in [1.807, 2.05) is 79.1 Å². The van der Waals surface area contributed by atoms with E-state index in [-0.39, 0.29) is 5.57 Å². The third kappa shape index (κ3) is 4.77. The third-order valence-corrected chi connectivity index (χ3v) is 6.14. The van der Waals surface area contributed by atoms with E-state index in [0.29, 0.717) is 17.9 Å². The molecule has 2 aromatic heterocycles. The molecular weight excluding hydrogens is 468 g/mol. The predicted octanol–water partition coefficient (Wildman–Crippen LogP) is 4.73. The summed E-state index contributed by atoms with van der Waals surface area (Å²) in [6, 6.07) is 21.9. The number of hydrogen-bond donors (Lipinski definition) is 1. The van der Waals surface area contributed by atoms with Crippen LogP contribution >= 0.6 is 0 Å². The molecule has 8 nitrogen and oxygen atoms in total. The van der Waals surface area contributed by atoms with Gasteiger partial charge in [0.05, 0.1) is 5.69 Å². The SMILES string of the molecule is Cc1cc(/C=C2\C(=O)NC(=O)N(c3ccncc3)C2=O)c(C)n1-c1ccc(OCc2ccccc2)cc1. The topological polar surface area (TPSA) is 93.5 Å². The lowest BCUT2D eigenvalue weighted by atomic mass is 10.1. The summed E-state index contributed by atoms with van der Waals surface area (Å²) in [5.74, 6) is -0.669. The number of ether oxygens (including phenoxy) is 1. The number of nitrogens with zero attached hydrogens (tertiary/aromatic N) is 3. The number of imide groups is 2. The number of hydrogen-bond acceptors (Lipinski definition) is 5. The average Bonchev–Trinajstić information content (AvgIpc) is 3.19. The summed E-state index contributed by atoms with van der Waals surface area (Å²) in [6.07, 6.45) is 4.47. The number of carbonyl (C=O) groups is 3. The van der Waals surface area contributed by atoms with Crippen molar-refractivity contribution in [2.45, 2.75) is 20.5 Å². The normalized spacial score (nSPS) is 14.7. The van der Waals surface area contributed by atoms with Gasteiger partial charge in [-0.2, -0.15) is 0 Å². The predicted molar refractivity (Wildman–Crippen MR) is 139 cm³/mol. The van der Waals surface area contributed by atoms with E-state index in [0.717, 1.165) is 33.3 Å². The molecule has 3 heterocycles. The smallest absolute Gasteiger partial charge is 0.335 e.